The summed E-state index contributed by atoms with van der Waals surface area (Å²) in [5, 5.41) is 19.4. The first kappa shape index (κ1) is 44.6. The number of carboxylic acids is 2. The van der Waals surface area contributed by atoms with Crippen molar-refractivity contribution in [2.75, 3.05) is 9.44 Å². The zero-order valence-corrected chi connectivity index (χ0v) is 35.2. The largest absolute Gasteiger partial charge is 0.478 e. The van der Waals surface area contributed by atoms with E-state index >= 15 is 0 Å². The van der Waals surface area contributed by atoms with Crippen LogP contribution in [0.3, 0.4) is 0 Å². The molecule has 0 aliphatic carbocycles. The fourth-order valence-electron chi connectivity index (χ4n) is 6.21. The van der Waals surface area contributed by atoms with Gasteiger partial charge in [-0.25, -0.2) is 26.4 Å². The zero-order chi connectivity index (χ0) is 43.3. The van der Waals surface area contributed by atoms with Crippen LogP contribution in [-0.2, 0) is 51.1 Å². The van der Waals surface area contributed by atoms with Gasteiger partial charge in [0.05, 0.1) is 32.8 Å². The van der Waals surface area contributed by atoms with Crippen molar-refractivity contribution in [2.24, 2.45) is 0 Å². The van der Waals surface area contributed by atoms with E-state index in [9.17, 15) is 26.4 Å². The Morgan fingerprint density at radius 3 is 1.50 bits per heavy atom. The summed E-state index contributed by atoms with van der Waals surface area (Å²) in [5.41, 5.74) is 6.77. The molecular weight excluding hydrogens is 797 g/mol. The highest BCUT2D eigenvalue weighted by Crippen LogP contribution is 2.26. The van der Waals surface area contributed by atoms with Crippen LogP contribution >= 0.6 is 0 Å². The van der Waals surface area contributed by atoms with Gasteiger partial charge in [-0.05, 0) is 119 Å². The third-order valence-electron chi connectivity index (χ3n) is 9.52. The summed E-state index contributed by atoms with van der Waals surface area (Å²) >= 11 is 0. The summed E-state index contributed by atoms with van der Waals surface area (Å²) in [6.45, 7) is 6.24. The van der Waals surface area contributed by atoms with Gasteiger partial charge in [-0.2, -0.15) is 0 Å². The monoisotopic (exact) mass is 844 g/mol. The van der Waals surface area contributed by atoms with E-state index in [1.54, 1.807) is 78.9 Å². The Morgan fingerprint density at radius 1 is 0.550 bits per heavy atom. The first-order valence-electron chi connectivity index (χ1n) is 19.2. The van der Waals surface area contributed by atoms with E-state index in [1.807, 2.05) is 78.9 Å². The van der Waals surface area contributed by atoms with Crippen molar-refractivity contribution < 1.29 is 36.6 Å². The van der Waals surface area contributed by atoms with E-state index in [0.29, 0.717) is 37.1 Å². The summed E-state index contributed by atoms with van der Waals surface area (Å²) in [6.07, 6.45) is 3.89. The second-order valence-corrected chi connectivity index (χ2v) is 18.3. The first-order chi connectivity index (χ1) is 28.5. The van der Waals surface area contributed by atoms with Crippen LogP contribution in [0.5, 0.6) is 0 Å². The van der Waals surface area contributed by atoms with Gasteiger partial charge in [0.2, 0.25) is 0 Å². The molecule has 0 amide bonds. The minimum Gasteiger partial charge on any atom is -0.478 e. The standard InChI is InChI=1S/C25H27NO4S.C23H21NO4S/c1-25(2,3)21-13-15-22(16-14-21)31(29,30)26-23-10-5-4-8-19(23)12-11-18-7-6-9-20(17-18)24(27)28;25-23(26)21-11-6-9-19(17-21)13-14-20-10-4-5-12-22(20)24-29(27,28)16-15-18-7-2-1-3-8-18/h4-10,13-17,26H,11-12H2,1-3H3,(H,27,28);1-12,15-17,24H,13-14H2,(H,25,26)/b;16-15+. The molecular formula is C48H48N2O8S2. The molecule has 0 heterocycles. The molecule has 0 atom stereocenters. The number of carboxylic acid groups (broad SMARTS) is 2. The van der Waals surface area contributed by atoms with Gasteiger partial charge in [-0.3, -0.25) is 9.44 Å². The number of benzene rings is 6. The van der Waals surface area contributed by atoms with Gasteiger partial charge in [0.15, 0.2) is 0 Å². The minimum atomic E-state index is -3.73. The maximum atomic E-state index is 12.9. The summed E-state index contributed by atoms with van der Waals surface area (Å²) in [6, 6.07) is 44.2. The number of rotatable bonds is 15. The first-order valence-corrected chi connectivity index (χ1v) is 22.2. The van der Waals surface area contributed by atoms with Crippen molar-refractivity contribution in [1.82, 2.24) is 0 Å². The molecule has 0 aromatic heterocycles. The van der Waals surface area contributed by atoms with Gasteiger partial charge in [0.1, 0.15) is 0 Å². The van der Waals surface area contributed by atoms with Crippen LogP contribution in [-0.4, -0.2) is 39.0 Å². The minimum absolute atomic E-state index is 0.0553. The molecule has 6 rings (SSSR count). The second-order valence-electron chi connectivity index (χ2n) is 15.1. The van der Waals surface area contributed by atoms with E-state index in [0.717, 1.165) is 38.8 Å². The summed E-state index contributed by atoms with van der Waals surface area (Å²) in [5.74, 6) is -1.93. The Bertz CT molecular complexity index is 2670. The molecule has 6 aromatic carbocycles. The lowest BCUT2D eigenvalue weighted by Gasteiger charge is -2.19. The molecule has 0 saturated carbocycles. The highest BCUT2D eigenvalue weighted by Gasteiger charge is 2.19. The van der Waals surface area contributed by atoms with Crippen molar-refractivity contribution >= 4 is 49.4 Å². The lowest BCUT2D eigenvalue weighted by molar-refractivity contribution is 0.0686. The predicted octanol–water partition coefficient (Wildman–Crippen LogP) is 9.85. The van der Waals surface area contributed by atoms with Gasteiger partial charge >= 0.3 is 11.9 Å². The molecule has 0 bridgehead atoms. The number of aryl methyl sites for hydroxylation is 4. The van der Waals surface area contributed by atoms with Gasteiger partial charge in [-0.15, -0.1) is 0 Å². The Labute approximate surface area is 352 Å². The Balaban J connectivity index is 0.000000228. The number of anilines is 2. The third kappa shape index (κ3) is 13.3. The quantitative estimate of drug-likeness (QED) is 0.0793. The normalized spacial score (nSPS) is 11.7. The van der Waals surface area contributed by atoms with Crippen molar-refractivity contribution in [3.8, 4) is 0 Å². The van der Waals surface area contributed by atoms with E-state index < -0.39 is 32.0 Å². The molecule has 0 radical (unpaired) electrons. The molecule has 0 saturated heterocycles. The molecule has 0 aliphatic heterocycles. The van der Waals surface area contributed by atoms with Crippen LogP contribution in [0.1, 0.15) is 74.9 Å². The molecule has 0 unspecified atom stereocenters. The molecule has 4 N–H and O–H groups in total. The number of hydrogen-bond acceptors (Lipinski definition) is 6. The molecule has 0 aliphatic rings. The van der Waals surface area contributed by atoms with Crippen LogP contribution in [0.25, 0.3) is 6.08 Å². The topological polar surface area (TPSA) is 167 Å². The summed E-state index contributed by atoms with van der Waals surface area (Å²) < 4.78 is 56.1. The van der Waals surface area contributed by atoms with Crippen LogP contribution in [0.2, 0.25) is 0 Å². The van der Waals surface area contributed by atoms with Crippen LogP contribution < -0.4 is 9.44 Å². The number of hydrogen-bond donors (Lipinski definition) is 4. The second kappa shape index (κ2) is 20.0. The number of carbonyl (C=O) groups is 2. The zero-order valence-electron chi connectivity index (χ0n) is 33.6. The highest BCUT2D eigenvalue weighted by molar-refractivity contribution is 7.95. The van der Waals surface area contributed by atoms with E-state index in [-0.39, 0.29) is 21.4 Å². The van der Waals surface area contributed by atoms with Gasteiger partial charge < -0.3 is 10.2 Å². The number of sulfonamides is 2. The van der Waals surface area contributed by atoms with Gasteiger partial charge in [0.25, 0.3) is 20.0 Å². The third-order valence-corrected chi connectivity index (χ3v) is 11.9. The molecule has 12 heteroatoms. The number of nitrogens with one attached hydrogen (secondary N) is 2. The Kier molecular flexibility index (Phi) is 14.8. The van der Waals surface area contributed by atoms with Crippen LogP contribution in [0, 0.1) is 0 Å². The Hall–Kier alpha value is -6.50. The Morgan fingerprint density at radius 2 is 1.02 bits per heavy atom. The SMILES string of the molecule is CC(C)(C)c1ccc(S(=O)(=O)Nc2ccccc2CCc2cccc(C(=O)O)c2)cc1.O=C(O)c1cccc(CCc2ccccc2NS(=O)(=O)/C=C/c2ccccc2)c1. The van der Waals surface area contributed by atoms with Crippen LogP contribution in [0.15, 0.2) is 162 Å². The molecule has 310 valence electrons. The lowest BCUT2D eigenvalue weighted by atomic mass is 9.87. The van der Waals surface area contributed by atoms with Crippen LogP contribution in [0.4, 0.5) is 11.4 Å². The summed E-state index contributed by atoms with van der Waals surface area (Å²) in [4.78, 5) is 22.5. The van der Waals surface area contributed by atoms with Gasteiger partial charge in [-0.1, -0.05) is 124 Å². The van der Waals surface area contributed by atoms with Crippen molar-refractivity contribution in [1.29, 1.82) is 0 Å². The lowest BCUT2D eigenvalue weighted by Crippen LogP contribution is -2.16. The smallest absolute Gasteiger partial charge is 0.335 e. The molecule has 0 spiro atoms. The molecule has 6 aromatic rings. The van der Waals surface area contributed by atoms with Crippen molar-refractivity contribution in [3.05, 3.63) is 202 Å². The maximum Gasteiger partial charge on any atom is 0.335 e. The number of para-hydroxylation sites is 2. The fourth-order valence-corrected chi connectivity index (χ4v) is 8.22. The van der Waals surface area contributed by atoms with E-state index in [2.05, 4.69) is 30.2 Å². The number of aromatic carboxylic acids is 2. The average Bonchev–Trinajstić information content (AvgIpc) is 3.22. The van der Waals surface area contributed by atoms with E-state index in [1.165, 1.54) is 0 Å². The maximum absolute atomic E-state index is 12.9. The fraction of sp³-hybridized carbons (Fsp3) is 0.167. The molecule has 10 nitrogen and oxygen atoms in total. The van der Waals surface area contributed by atoms with Crippen molar-refractivity contribution in [3.63, 3.8) is 0 Å². The van der Waals surface area contributed by atoms with Gasteiger partial charge in [0, 0.05) is 0 Å². The predicted molar refractivity (Wildman–Crippen MR) is 238 cm³/mol. The summed E-state index contributed by atoms with van der Waals surface area (Å²) in [7, 11) is -7.39. The van der Waals surface area contributed by atoms with E-state index in [4.69, 9.17) is 10.2 Å². The molecule has 0 fully saturated rings. The highest BCUT2D eigenvalue weighted by atomic mass is 32.2. The van der Waals surface area contributed by atoms with Crippen molar-refractivity contribution in [2.45, 2.75) is 56.8 Å². The average molecular weight is 845 g/mol. The molecule has 60 heavy (non-hydrogen) atoms.